The summed E-state index contributed by atoms with van der Waals surface area (Å²) in [5, 5.41) is 4.49. The fraction of sp³-hybridized carbons (Fsp3) is 0.421. The molecule has 0 saturated carbocycles. The Morgan fingerprint density at radius 3 is 2.88 bits per heavy atom. The van der Waals surface area contributed by atoms with Gasteiger partial charge in [0, 0.05) is 17.0 Å². The Bertz CT molecular complexity index is 682. The first-order chi connectivity index (χ1) is 11.8. The Kier molecular flexibility index (Phi) is 5.51. The monoisotopic (exact) mass is 344 g/mol. The standard InChI is InChI=1S/C19H24N2O2S/c1-4-11-24-19-20-16-8-6-5-7-14(16)18(21-19)15-12-13(22-2)9-10-17(15)23-3/h4,9-10,12,18H,1,5-8,11H2,2-3H3,(H,20,21). The van der Waals surface area contributed by atoms with Crippen molar-refractivity contribution in [1.82, 2.24) is 5.32 Å². The number of aliphatic imine (C=N–C) groups is 1. The minimum Gasteiger partial charge on any atom is -0.497 e. The molecule has 2 aliphatic rings. The molecule has 24 heavy (non-hydrogen) atoms. The van der Waals surface area contributed by atoms with E-state index >= 15 is 0 Å². The minimum absolute atomic E-state index is 0.00100. The minimum atomic E-state index is -0.00100. The van der Waals surface area contributed by atoms with Gasteiger partial charge in [-0.1, -0.05) is 17.8 Å². The van der Waals surface area contributed by atoms with Crippen molar-refractivity contribution in [1.29, 1.82) is 0 Å². The van der Waals surface area contributed by atoms with Gasteiger partial charge in [-0.3, -0.25) is 0 Å². The highest BCUT2D eigenvalue weighted by Crippen LogP contribution is 2.43. The first-order valence-electron chi connectivity index (χ1n) is 8.29. The zero-order valence-corrected chi connectivity index (χ0v) is 15.1. The van der Waals surface area contributed by atoms with E-state index in [1.165, 1.54) is 24.1 Å². The molecule has 1 unspecified atom stereocenters. The normalized spacial score (nSPS) is 19.9. The van der Waals surface area contributed by atoms with Crippen LogP contribution in [0.1, 0.15) is 37.3 Å². The molecule has 1 aromatic rings. The quantitative estimate of drug-likeness (QED) is 0.801. The molecule has 5 heteroatoms. The number of methoxy groups -OCH3 is 2. The molecule has 0 amide bonds. The smallest absolute Gasteiger partial charge is 0.162 e. The largest absolute Gasteiger partial charge is 0.497 e. The predicted octanol–water partition coefficient (Wildman–Crippen LogP) is 4.45. The Hall–Kier alpha value is -1.88. The van der Waals surface area contributed by atoms with Gasteiger partial charge in [0.15, 0.2) is 5.17 Å². The van der Waals surface area contributed by atoms with Crippen molar-refractivity contribution in [3.05, 3.63) is 47.7 Å². The average Bonchev–Trinajstić information content (AvgIpc) is 2.65. The van der Waals surface area contributed by atoms with E-state index in [-0.39, 0.29) is 6.04 Å². The van der Waals surface area contributed by atoms with E-state index in [1.54, 1.807) is 26.0 Å². The van der Waals surface area contributed by atoms with Gasteiger partial charge in [-0.05, 0) is 49.5 Å². The van der Waals surface area contributed by atoms with Gasteiger partial charge in [0.05, 0.1) is 14.2 Å². The number of rotatable bonds is 5. The van der Waals surface area contributed by atoms with Crippen molar-refractivity contribution in [3.63, 3.8) is 0 Å². The van der Waals surface area contributed by atoms with Crippen LogP contribution in [0.5, 0.6) is 11.5 Å². The molecule has 0 radical (unpaired) electrons. The van der Waals surface area contributed by atoms with Crippen LogP contribution >= 0.6 is 11.8 Å². The van der Waals surface area contributed by atoms with E-state index in [0.717, 1.165) is 40.8 Å². The highest BCUT2D eigenvalue weighted by Gasteiger charge is 2.29. The number of thioether (sulfide) groups is 1. The highest BCUT2D eigenvalue weighted by atomic mass is 32.2. The molecule has 1 aromatic carbocycles. The molecule has 1 aliphatic carbocycles. The Labute approximate surface area is 148 Å². The Balaban J connectivity index is 2.04. The van der Waals surface area contributed by atoms with Gasteiger partial charge >= 0.3 is 0 Å². The van der Waals surface area contributed by atoms with Crippen LogP contribution in [0.2, 0.25) is 0 Å². The summed E-state index contributed by atoms with van der Waals surface area (Å²) in [6, 6.07) is 5.94. The van der Waals surface area contributed by atoms with E-state index in [2.05, 4.69) is 11.9 Å². The summed E-state index contributed by atoms with van der Waals surface area (Å²) < 4.78 is 11.0. The Morgan fingerprint density at radius 2 is 2.12 bits per heavy atom. The fourth-order valence-electron chi connectivity index (χ4n) is 3.25. The highest BCUT2D eigenvalue weighted by molar-refractivity contribution is 8.13. The van der Waals surface area contributed by atoms with E-state index in [1.807, 2.05) is 24.3 Å². The van der Waals surface area contributed by atoms with Crippen LogP contribution in [0, 0.1) is 0 Å². The number of nitrogens with one attached hydrogen (secondary N) is 1. The van der Waals surface area contributed by atoms with Gasteiger partial charge in [-0.2, -0.15) is 0 Å². The third-order valence-electron chi connectivity index (χ3n) is 4.41. The zero-order valence-electron chi connectivity index (χ0n) is 14.3. The molecule has 128 valence electrons. The van der Waals surface area contributed by atoms with Crippen LogP contribution < -0.4 is 14.8 Å². The van der Waals surface area contributed by atoms with Crippen LogP contribution in [-0.2, 0) is 0 Å². The first kappa shape index (κ1) is 17.0. The third kappa shape index (κ3) is 3.46. The van der Waals surface area contributed by atoms with E-state index in [9.17, 15) is 0 Å². The lowest BCUT2D eigenvalue weighted by Crippen LogP contribution is -2.30. The second-order valence-electron chi connectivity index (χ2n) is 5.88. The molecule has 3 rings (SSSR count). The van der Waals surface area contributed by atoms with Gasteiger partial charge in [-0.25, -0.2) is 4.99 Å². The molecule has 4 nitrogen and oxygen atoms in total. The second-order valence-corrected chi connectivity index (χ2v) is 6.89. The van der Waals surface area contributed by atoms with E-state index in [4.69, 9.17) is 14.5 Å². The number of hydrogen-bond donors (Lipinski definition) is 1. The number of hydrogen-bond acceptors (Lipinski definition) is 5. The molecule has 1 atom stereocenters. The maximum atomic E-state index is 5.60. The Morgan fingerprint density at radius 1 is 1.29 bits per heavy atom. The molecular formula is C19H24N2O2S. The molecule has 0 saturated heterocycles. The van der Waals surface area contributed by atoms with Gasteiger partial charge in [0.1, 0.15) is 17.5 Å². The SMILES string of the molecule is C=CCSC1=NC(c2cc(OC)ccc2OC)C2=C(CCCC2)N1. The zero-order chi connectivity index (χ0) is 16.9. The van der Waals surface area contributed by atoms with E-state index < -0.39 is 0 Å². The summed E-state index contributed by atoms with van der Waals surface area (Å²) in [5.74, 6) is 2.53. The van der Waals surface area contributed by atoms with Crippen molar-refractivity contribution < 1.29 is 9.47 Å². The molecule has 0 aromatic heterocycles. The topological polar surface area (TPSA) is 42.9 Å². The lowest BCUT2D eigenvalue weighted by molar-refractivity contribution is 0.396. The maximum absolute atomic E-state index is 5.60. The van der Waals surface area contributed by atoms with Gasteiger partial charge in [0.25, 0.3) is 0 Å². The van der Waals surface area contributed by atoms with E-state index in [0.29, 0.717) is 0 Å². The third-order valence-corrected chi connectivity index (χ3v) is 5.30. The summed E-state index contributed by atoms with van der Waals surface area (Å²) in [5.41, 5.74) is 3.79. The lowest BCUT2D eigenvalue weighted by atomic mass is 9.86. The predicted molar refractivity (Wildman–Crippen MR) is 101 cm³/mol. The van der Waals surface area contributed by atoms with Crippen LogP contribution in [0.15, 0.2) is 47.1 Å². The molecule has 1 aliphatic heterocycles. The summed E-state index contributed by atoms with van der Waals surface area (Å²) in [4.78, 5) is 4.99. The van der Waals surface area contributed by atoms with Crippen LogP contribution in [-0.4, -0.2) is 25.1 Å². The fourth-order valence-corrected chi connectivity index (χ4v) is 3.90. The maximum Gasteiger partial charge on any atom is 0.162 e. The molecule has 1 N–H and O–H groups in total. The summed E-state index contributed by atoms with van der Waals surface area (Å²) in [7, 11) is 3.40. The lowest BCUT2D eigenvalue weighted by Gasteiger charge is -2.32. The summed E-state index contributed by atoms with van der Waals surface area (Å²) in [6.07, 6.45) is 6.52. The second kappa shape index (κ2) is 7.79. The molecular weight excluding hydrogens is 320 g/mol. The number of benzene rings is 1. The van der Waals surface area contributed by atoms with Crippen molar-refractivity contribution in [3.8, 4) is 11.5 Å². The molecule has 0 bridgehead atoms. The van der Waals surface area contributed by atoms with Gasteiger partial charge in [0.2, 0.25) is 0 Å². The van der Waals surface area contributed by atoms with Crippen molar-refractivity contribution >= 4 is 16.9 Å². The molecule has 0 fully saturated rings. The van der Waals surface area contributed by atoms with Gasteiger partial charge in [-0.15, -0.1) is 6.58 Å². The molecule has 0 spiro atoms. The summed E-state index contributed by atoms with van der Waals surface area (Å²) in [6.45, 7) is 3.80. The van der Waals surface area contributed by atoms with Crippen LogP contribution in [0.4, 0.5) is 0 Å². The van der Waals surface area contributed by atoms with Crippen molar-refractivity contribution in [2.75, 3.05) is 20.0 Å². The van der Waals surface area contributed by atoms with Gasteiger partial charge < -0.3 is 14.8 Å². The number of ether oxygens (including phenoxy) is 2. The van der Waals surface area contributed by atoms with Crippen molar-refractivity contribution in [2.45, 2.75) is 31.7 Å². The number of amidine groups is 1. The average molecular weight is 344 g/mol. The summed E-state index contributed by atoms with van der Waals surface area (Å²) >= 11 is 1.69. The molecule has 1 heterocycles. The first-order valence-corrected chi connectivity index (χ1v) is 9.27. The number of allylic oxidation sites excluding steroid dienone is 1. The van der Waals surface area contributed by atoms with Crippen LogP contribution in [0.3, 0.4) is 0 Å². The van der Waals surface area contributed by atoms with Crippen molar-refractivity contribution in [2.24, 2.45) is 4.99 Å². The number of nitrogens with zero attached hydrogens (tertiary/aromatic N) is 1. The van der Waals surface area contributed by atoms with Crippen LogP contribution in [0.25, 0.3) is 0 Å².